The van der Waals surface area contributed by atoms with Gasteiger partial charge in [-0.05, 0) is 36.5 Å². The Bertz CT molecular complexity index is 576. The monoisotopic (exact) mass is 276 g/mol. The first-order valence-corrected chi connectivity index (χ1v) is 6.98. The summed E-state index contributed by atoms with van der Waals surface area (Å²) < 4.78 is 5.36. The SMILES string of the molecule is CNc1onc2c1CC(c1ccc(Cl)cc1)CC2C. The van der Waals surface area contributed by atoms with Crippen molar-refractivity contribution in [3.63, 3.8) is 0 Å². The number of hydrogen-bond acceptors (Lipinski definition) is 3. The number of anilines is 1. The quantitative estimate of drug-likeness (QED) is 0.893. The lowest BCUT2D eigenvalue weighted by molar-refractivity contribution is 0.414. The summed E-state index contributed by atoms with van der Waals surface area (Å²) >= 11 is 5.96. The molecule has 2 atom stereocenters. The molecule has 1 aliphatic rings. The van der Waals surface area contributed by atoms with Crippen molar-refractivity contribution in [2.45, 2.75) is 31.6 Å². The number of rotatable bonds is 2. The van der Waals surface area contributed by atoms with Crippen LogP contribution in [0.2, 0.25) is 5.02 Å². The summed E-state index contributed by atoms with van der Waals surface area (Å²) in [5.74, 6) is 1.74. The van der Waals surface area contributed by atoms with Crippen molar-refractivity contribution in [1.82, 2.24) is 5.16 Å². The van der Waals surface area contributed by atoms with Gasteiger partial charge in [0.15, 0.2) is 0 Å². The summed E-state index contributed by atoms with van der Waals surface area (Å²) in [5, 5.41) is 8.06. The van der Waals surface area contributed by atoms with E-state index in [-0.39, 0.29) is 0 Å². The van der Waals surface area contributed by atoms with Crippen LogP contribution in [0.25, 0.3) is 0 Å². The summed E-state index contributed by atoms with van der Waals surface area (Å²) in [7, 11) is 1.87. The molecule has 0 saturated heterocycles. The molecule has 0 spiro atoms. The second-order valence-electron chi connectivity index (χ2n) is 5.21. The maximum atomic E-state index is 5.96. The molecule has 0 amide bonds. The lowest BCUT2D eigenvalue weighted by atomic mass is 9.78. The van der Waals surface area contributed by atoms with Crippen LogP contribution >= 0.6 is 11.6 Å². The van der Waals surface area contributed by atoms with Gasteiger partial charge < -0.3 is 9.84 Å². The molecule has 1 aromatic heterocycles. The second kappa shape index (κ2) is 4.89. The van der Waals surface area contributed by atoms with Crippen molar-refractivity contribution >= 4 is 17.5 Å². The van der Waals surface area contributed by atoms with Gasteiger partial charge in [-0.2, -0.15) is 0 Å². The fraction of sp³-hybridized carbons (Fsp3) is 0.400. The summed E-state index contributed by atoms with van der Waals surface area (Å²) in [6, 6.07) is 8.17. The van der Waals surface area contributed by atoms with E-state index in [1.807, 2.05) is 19.2 Å². The molecule has 0 aliphatic heterocycles. The molecule has 2 aromatic rings. The molecule has 1 aliphatic carbocycles. The highest BCUT2D eigenvalue weighted by Crippen LogP contribution is 2.42. The van der Waals surface area contributed by atoms with Gasteiger partial charge in [-0.3, -0.25) is 0 Å². The number of nitrogens with one attached hydrogen (secondary N) is 1. The van der Waals surface area contributed by atoms with Crippen LogP contribution in [0.1, 0.15) is 42.0 Å². The maximum Gasteiger partial charge on any atom is 0.227 e. The number of fused-ring (bicyclic) bond motifs is 1. The van der Waals surface area contributed by atoms with E-state index in [1.54, 1.807) is 0 Å². The van der Waals surface area contributed by atoms with Crippen LogP contribution in [0.15, 0.2) is 28.8 Å². The Morgan fingerprint density at radius 3 is 2.74 bits per heavy atom. The van der Waals surface area contributed by atoms with Crippen molar-refractivity contribution in [1.29, 1.82) is 0 Å². The van der Waals surface area contributed by atoms with Crippen LogP contribution in [-0.4, -0.2) is 12.2 Å². The van der Waals surface area contributed by atoms with E-state index >= 15 is 0 Å². The standard InChI is InChI=1S/C15H17ClN2O/c1-9-7-11(10-3-5-12(16)6-4-10)8-13-14(9)18-19-15(13)17-2/h3-6,9,11,17H,7-8H2,1-2H3. The second-order valence-corrected chi connectivity index (χ2v) is 5.65. The number of aromatic nitrogens is 1. The van der Waals surface area contributed by atoms with E-state index in [0.29, 0.717) is 11.8 Å². The summed E-state index contributed by atoms with van der Waals surface area (Å²) in [4.78, 5) is 0. The summed E-state index contributed by atoms with van der Waals surface area (Å²) in [6.07, 6.45) is 2.07. The third-order valence-corrected chi connectivity index (χ3v) is 4.19. The van der Waals surface area contributed by atoms with Crippen LogP contribution in [0.3, 0.4) is 0 Å². The minimum atomic E-state index is 0.426. The number of halogens is 1. The van der Waals surface area contributed by atoms with Crippen molar-refractivity contribution in [3.8, 4) is 0 Å². The first-order chi connectivity index (χ1) is 9.19. The molecule has 3 nitrogen and oxygen atoms in total. The van der Waals surface area contributed by atoms with Crippen LogP contribution in [-0.2, 0) is 6.42 Å². The Morgan fingerprint density at radius 2 is 2.05 bits per heavy atom. The fourth-order valence-electron chi connectivity index (χ4n) is 2.96. The zero-order valence-corrected chi connectivity index (χ0v) is 11.9. The third kappa shape index (κ3) is 2.23. The van der Waals surface area contributed by atoms with Crippen LogP contribution in [0.5, 0.6) is 0 Å². The molecule has 0 bridgehead atoms. The molecule has 0 fully saturated rings. The van der Waals surface area contributed by atoms with Crippen LogP contribution in [0, 0.1) is 0 Å². The number of hydrogen-bond donors (Lipinski definition) is 1. The maximum absolute atomic E-state index is 5.96. The highest BCUT2D eigenvalue weighted by atomic mass is 35.5. The van der Waals surface area contributed by atoms with Gasteiger partial charge in [0.25, 0.3) is 0 Å². The normalized spacial score (nSPS) is 22.1. The van der Waals surface area contributed by atoms with E-state index in [0.717, 1.165) is 29.4 Å². The minimum Gasteiger partial charge on any atom is -0.357 e. The van der Waals surface area contributed by atoms with Gasteiger partial charge in [0.05, 0.1) is 5.69 Å². The number of nitrogens with zero attached hydrogens (tertiary/aromatic N) is 1. The summed E-state index contributed by atoms with van der Waals surface area (Å²) in [5.41, 5.74) is 3.67. The lowest BCUT2D eigenvalue weighted by Gasteiger charge is -2.26. The molecule has 1 N–H and O–H groups in total. The molecule has 2 unspecified atom stereocenters. The Kier molecular flexibility index (Phi) is 3.23. The van der Waals surface area contributed by atoms with Gasteiger partial charge in [-0.15, -0.1) is 0 Å². The first-order valence-electron chi connectivity index (χ1n) is 6.60. The van der Waals surface area contributed by atoms with E-state index in [2.05, 4.69) is 29.5 Å². The third-order valence-electron chi connectivity index (χ3n) is 3.94. The van der Waals surface area contributed by atoms with Gasteiger partial charge in [-0.1, -0.05) is 35.8 Å². The first kappa shape index (κ1) is 12.5. The zero-order chi connectivity index (χ0) is 13.4. The van der Waals surface area contributed by atoms with Gasteiger partial charge in [0.2, 0.25) is 5.88 Å². The smallest absolute Gasteiger partial charge is 0.227 e. The average molecular weight is 277 g/mol. The topological polar surface area (TPSA) is 38.1 Å². The van der Waals surface area contributed by atoms with Gasteiger partial charge in [0.1, 0.15) is 0 Å². The molecule has 100 valence electrons. The zero-order valence-electron chi connectivity index (χ0n) is 11.1. The van der Waals surface area contributed by atoms with Crippen molar-refractivity contribution in [2.24, 2.45) is 0 Å². The molecular weight excluding hydrogens is 260 g/mol. The van der Waals surface area contributed by atoms with Crippen LogP contribution in [0.4, 0.5) is 5.88 Å². The molecule has 3 rings (SSSR count). The summed E-state index contributed by atoms with van der Waals surface area (Å²) in [6.45, 7) is 2.21. The van der Waals surface area contributed by atoms with Crippen LogP contribution < -0.4 is 5.32 Å². The molecule has 1 aromatic carbocycles. The molecule has 19 heavy (non-hydrogen) atoms. The predicted molar refractivity (Wildman–Crippen MR) is 77.0 cm³/mol. The van der Waals surface area contributed by atoms with Crippen molar-refractivity contribution < 1.29 is 4.52 Å². The highest BCUT2D eigenvalue weighted by molar-refractivity contribution is 6.30. The van der Waals surface area contributed by atoms with E-state index in [1.165, 1.54) is 11.1 Å². The Hall–Kier alpha value is -1.48. The molecule has 4 heteroatoms. The van der Waals surface area contributed by atoms with Crippen molar-refractivity contribution in [3.05, 3.63) is 46.1 Å². The lowest BCUT2D eigenvalue weighted by Crippen LogP contribution is -2.16. The van der Waals surface area contributed by atoms with E-state index in [4.69, 9.17) is 16.1 Å². The minimum absolute atomic E-state index is 0.426. The van der Waals surface area contributed by atoms with E-state index in [9.17, 15) is 0 Å². The van der Waals surface area contributed by atoms with Crippen molar-refractivity contribution in [2.75, 3.05) is 12.4 Å². The Morgan fingerprint density at radius 1 is 1.32 bits per heavy atom. The van der Waals surface area contributed by atoms with Gasteiger partial charge >= 0.3 is 0 Å². The van der Waals surface area contributed by atoms with Gasteiger partial charge in [-0.25, -0.2) is 0 Å². The largest absolute Gasteiger partial charge is 0.357 e. The van der Waals surface area contributed by atoms with Gasteiger partial charge in [0, 0.05) is 23.6 Å². The predicted octanol–water partition coefficient (Wildman–Crippen LogP) is 4.20. The molecule has 0 radical (unpaired) electrons. The van der Waals surface area contributed by atoms with E-state index < -0.39 is 0 Å². The molecule has 1 heterocycles. The fourth-order valence-corrected chi connectivity index (χ4v) is 3.09. The highest BCUT2D eigenvalue weighted by Gasteiger charge is 2.30. The molecule has 0 saturated carbocycles. The number of benzene rings is 1. The Labute approximate surface area is 117 Å². The molecular formula is C15H17ClN2O. The Balaban J connectivity index is 1.93. The average Bonchev–Trinajstić information content (AvgIpc) is 2.83.